The van der Waals surface area contributed by atoms with Crippen LogP contribution in [0.1, 0.15) is 99.3 Å². The zero-order valence-corrected chi connectivity index (χ0v) is 20.7. The van der Waals surface area contributed by atoms with Crippen molar-refractivity contribution in [2.75, 3.05) is 0 Å². The maximum atomic E-state index is 10.3. The smallest absolute Gasteiger partial charge is 0.0577 e. The molecule has 4 saturated carbocycles. The number of hydrogen-bond donors (Lipinski definition) is 1. The number of hydrogen-bond acceptors (Lipinski definition) is 1. The quantitative estimate of drug-likeness (QED) is 0.474. The Morgan fingerprint density at radius 3 is 2.50 bits per heavy atom. The van der Waals surface area contributed by atoms with Crippen molar-refractivity contribution in [2.45, 2.75) is 105 Å². The summed E-state index contributed by atoms with van der Waals surface area (Å²) in [4.78, 5) is 0. The van der Waals surface area contributed by atoms with Crippen molar-refractivity contribution < 1.29 is 5.11 Å². The summed E-state index contributed by atoms with van der Waals surface area (Å²) in [6.45, 7) is 15.3. The molecular weight excluding hydrogens is 364 g/mol. The van der Waals surface area contributed by atoms with Crippen LogP contribution in [0.5, 0.6) is 0 Å². The zero-order chi connectivity index (χ0) is 21.4. The predicted molar refractivity (Wildman–Crippen MR) is 126 cm³/mol. The van der Waals surface area contributed by atoms with Crippen LogP contribution in [-0.2, 0) is 0 Å². The van der Waals surface area contributed by atoms with Gasteiger partial charge in [0.25, 0.3) is 0 Å². The van der Waals surface area contributed by atoms with Crippen LogP contribution in [0, 0.1) is 64.1 Å². The Kier molecular flexibility index (Phi) is 5.28. The highest BCUT2D eigenvalue weighted by atomic mass is 16.3. The summed E-state index contributed by atoms with van der Waals surface area (Å²) in [5, 5.41) is 10.3. The lowest BCUT2D eigenvalue weighted by Gasteiger charge is -2.58. The van der Waals surface area contributed by atoms with Gasteiger partial charge in [0, 0.05) is 0 Å². The first-order valence-corrected chi connectivity index (χ1v) is 13.5. The van der Waals surface area contributed by atoms with Gasteiger partial charge in [0.2, 0.25) is 0 Å². The van der Waals surface area contributed by atoms with Gasteiger partial charge >= 0.3 is 0 Å². The Morgan fingerprint density at radius 2 is 1.80 bits per heavy atom. The van der Waals surface area contributed by atoms with E-state index in [4.69, 9.17) is 0 Å². The Morgan fingerprint density at radius 1 is 1.03 bits per heavy atom. The monoisotopic (exact) mass is 412 g/mol. The molecule has 1 heteroatoms. The molecule has 11 atom stereocenters. The molecule has 0 heterocycles. The summed E-state index contributed by atoms with van der Waals surface area (Å²) >= 11 is 0. The Balaban J connectivity index is 1.32. The summed E-state index contributed by atoms with van der Waals surface area (Å²) in [6, 6.07) is 0. The second kappa shape index (κ2) is 7.36. The third kappa shape index (κ3) is 3.11. The van der Waals surface area contributed by atoms with Gasteiger partial charge in [0.1, 0.15) is 0 Å². The maximum absolute atomic E-state index is 10.3. The van der Waals surface area contributed by atoms with Crippen LogP contribution in [0.3, 0.4) is 0 Å². The second-order valence-electron chi connectivity index (χ2n) is 13.4. The lowest BCUT2D eigenvalue weighted by atomic mass is 9.47. The van der Waals surface area contributed by atoms with E-state index in [-0.39, 0.29) is 6.10 Å². The van der Waals surface area contributed by atoms with Crippen LogP contribution in [0.25, 0.3) is 0 Å². The Labute approximate surface area is 186 Å². The van der Waals surface area contributed by atoms with Crippen LogP contribution in [0.2, 0.25) is 0 Å². The molecule has 4 fully saturated rings. The molecule has 170 valence electrons. The first-order valence-electron chi connectivity index (χ1n) is 13.5. The van der Waals surface area contributed by atoms with E-state index in [9.17, 15) is 5.11 Å². The van der Waals surface area contributed by atoms with Crippen LogP contribution >= 0.6 is 0 Å². The van der Waals surface area contributed by atoms with E-state index in [1.165, 1.54) is 44.9 Å². The SMILES string of the molecule is CC(C)[C@H]1C(C)[C@@H]1C[C@@H](C)[C@H]1CC[C@H]2[C@@H]3CC=C4C[C@@H](O)CC[C@]4(C)[C@H]3CC[C@]12C. The molecule has 1 nitrogen and oxygen atoms in total. The predicted octanol–water partition coefficient (Wildman–Crippen LogP) is 7.49. The van der Waals surface area contributed by atoms with Gasteiger partial charge in [-0.15, -0.1) is 0 Å². The average molecular weight is 413 g/mol. The summed E-state index contributed by atoms with van der Waals surface area (Å²) in [5.41, 5.74) is 2.60. The van der Waals surface area contributed by atoms with Gasteiger partial charge in [-0.25, -0.2) is 0 Å². The van der Waals surface area contributed by atoms with Gasteiger partial charge in [-0.3, -0.25) is 0 Å². The largest absolute Gasteiger partial charge is 0.393 e. The molecule has 0 aromatic heterocycles. The molecule has 30 heavy (non-hydrogen) atoms. The molecule has 0 bridgehead atoms. The topological polar surface area (TPSA) is 20.2 Å². The van der Waals surface area contributed by atoms with Crippen molar-refractivity contribution in [3.63, 3.8) is 0 Å². The van der Waals surface area contributed by atoms with E-state index >= 15 is 0 Å². The minimum atomic E-state index is -0.0778. The Hall–Kier alpha value is -0.300. The van der Waals surface area contributed by atoms with Gasteiger partial charge in [0.15, 0.2) is 0 Å². The van der Waals surface area contributed by atoms with E-state index in [2.05, 4.69) is 47.6 Å². The average Bonchev–Trinajstić information content (AvgIpc) is 3.17. The minimum absolute atomic E-state index is 0.0778. The number of aliphatic hydroxyl groups is 1. The van der Waals surface area contributed by atoms with E-state index in [0.29, 0.717) is 10.8 Å². The number of fused-ring (bicyclic) bond motifs is 5. The summed E-state index contributed by atoms with van der Waals surface area (Å²) in [6.07, 6.45) is 14.4. The minimum Gasteiger partial charge on any atom is -0.393 e. The van der Waals surface area contributed by atoms with E-state index in [1.54, 1.807) is 5.57 Å². The molecule has 5 aliphatic rings. The molecule has 1 unspecified atom stereocenters. The number of aliphatic hydroxyl groups excluding tert-OH is 1. The number of allylic oxidation sites excluding steroid dienone is 1. The zero-order valence-electron chi connectivity index (χ0n) is 20.7. The molecule has 0 saturated heterocycles. The van der Waals surface area contributed by atoms with Gasteiger partial charge < -0.3 is 5.11 Å². The lowest BCUT2D eigenvalue weighted by Crippen LogP contribution is -2.50. The van der Waals surface area contributed by atoms with Crippen molar-refractivity contribution in [3.05, 3.63) is 11.6 Å². The normalized spacial score (nSPS) is 53.5. The fraction of sp³-hybridized carbons (Fsp3) is 0.931. The molecule has 5 rings (SSSR count). The van der Waals surface area contributed by atoms with Crippen molar-refractivity contribution >= 4 is 0 Å². The Bertz CT molecular complexity index is 692. The van der Waals surface area contributed by atoms with Crippen molar-refractivity contribution in [3.8, 4) is 0 Å². The summed E-state index contributed by atoms with van der Waals surface area (Å²) in [5.74, 6) is 8.44. The molecule has 5 aliphatic carbocycles. The van der Waals surface area contributed by atoms with Crippen molar-refractivity contribution in [1.29, 1.82) is 0 Å². The first-order chi connectivity index (χ1) is 14.2. The molecule has 0 spiro atoms. The first kappa shape index (κ1) is 21.5. The molecule has 1 N–H and O–H groups in total. The molecule has 0 aromatic rings. The van der Waals surface area contributed by atoms with Crippen molar-refractivity contribution in [2.24, 2.45) is 64.1 Å². The molecule has 0 aromatic carbocycles. The fourth-order valence-corrected chi connectivity index (χ4v) is 10.3. The molecule has 0 amide bonds. The van der Waals surface area contributed by atoms with Gasteiger partial charge in [0.05, 0.1) is 6.10 Å². The van der Waals surface area contributed by atoms with Crippen LogP contribution in [0.15, 0.2) is 11.6 Å². The third-order valence-electron chi connectivity index (χ3n) is 11.9. The highest BCUT2D eigenvalue weighted by molar-refractivity contribution is 5.25. The summed E-state index contributed by atoms with van der Waals surface area (Å²) < 4.78 is 0. The van der Waals surface area contributed by atoms with Gasteiger partial charge in [-0.1, -0.05) is 53.2 Å². The maximum Gasteiger partial charge on any atom is 0.0577 e. The lowest BCUT2D eigenvalue weighted by molar-refractivity contribution is -0.0576. The molecule has 0 radical (unpaired) electrons. The third-order valence-corrected chi connectivity index (χ3v) is 11.9. The second-order valence-corrected chi connectivity index (χ2v) is 13.4. The fourth-order valence-electron chi connectivity index (χ4n) is 10.3. The number of rotatable bonds is 4. The van der Waals surface area contributed by atoms with E-state index in [0.717, 1.165) is 66.1 Å². The van der Waals surface area contributed by atoms with Crippen LogP contribution in [0.4, 0.5) is 0 Å². The van der Waals surface area contributed by atoms with E-state index < -0.39 is 0 Å². The van der Waals surface area contributed by atoms with Crippen molar-refractivity contribution in [1.82, 2.24) is 0 Å². The highest BCUT2D eigenvalue weighted by Gasteiger charge is 2.60. The van der Waals surface area contributed by atoms with Gasteiger partial charge in [-0.05, 0) is 122 Å². The van der Waals surface area contributed by atoms with Crippen LogP contribution in [-0.4, -0.2) is 11.2 Å². The highest BCUT2D eigenvalue weighted by Crippen LogP contribution is 2.68. The van der Waals surface area contributed by atoms with Crippen LogP contribution < -0.4 is 0 Å². The van der Waals surface area contributed by atoms with E-state index in [1.807, 2.05) is 0 Å². The summed E-state index contributed by atoms with van der Waals surface area (Å²) in [7, 11) is 0. The molecule has 0 aliphatic heterocycles. The molecular formula is C29H48O. The standard InChI is InChI=1S/C29H48O/c1-17(2)27-19(4)23(27)15-18(3)24-9-10-25-22-8-7-20-16-21(30)11-13-28(20,5)26(22)12-14-29(24,25)6/h7,17-19,21-27,30H,8-16H2,1-6H3/t18-,19?,21+,22+,23+,24-,25+,26+,27+,28+,29-/m1/s1. The van der Waals surface area contributed by atoms with Gasteiger partial charge in [-0.2, -0.15) is 0 Å².